The fraction of sp³-hybridized carbons (Fsp3) is 0.417. The number of nitrogens with one attached hydrogen (secondary N) is 1. The smallest absolute Gasteiger partial charge is 0.258 e. The van der Waals surface area contributed by atoms with Crippen LogP contribution in [0.25, 0.3) is 0 Å². The second-order valence-corrected chi connectivity index (χ2v) is 3.99. The van der Waals surface area contributed by atoms with Crippen LogP contribution in [0, 0.1) is 0 Å². The maximum absolute atomic E-state index is 13.0. The molecule has 0 aliphatic heterocycles. The van der Waals surface area contributed by atoms with E-state index in [0.29, 0.717) is 0 Å². The van der Waals surface area contributed by atoms with Gasteiger partial charge in [0, 0.05) is 12.1 Å². The SMILES string of the molecule is C=C(/C=C(/F)C(=C)Cl)OCC(=O)NC(C)CC. The molecule has 0 aliphatic carbocycles. The number of carbonyl (C=O) groups is 1. The van der Waals surface area contributed by atoms with Gasteiger partial charge in [0.05, 0.1) is 5.03 Å². The van der Waals surface area contributed by atoms with Crippen LogP contribution < -0.4 is 5.32 Å². The Labute approximate surface area is 106 Å². The van der Waals surface area contributed by atoms with Crippen LogP contribution in [0.4, 0.5) is 4.39 Å². The molecule has 0 saturated carbocycles. The third-order valence-electron chi connectivity index (χ3n) is 1.96. The average molecular weight is 262 g/mol. The quantitative estimate of drug-likeness (QED) is 0.565. The summed E-state index contributed by atoms with van der Waals surface area (Å²) in [5.41, 5.74) is 0. The van der Waals surface area contributed by atoms with Crippen LogP contribution in [-0.4, -0.2) is 18.6 Å². The molecule has 0 rings (SSSR count). The van der Waals surface area contributed by atoms with Crippen molar-refractivity contribution in [2.24, 2.45) is 0 Å². The molecule has 0 bridgehead atoms. The number of allylic oxidation sites excluding steroid dienone is 3. The molecule has 1 amide bonds. The van der Waals surface area contributed by atoms with Gasteiger partial charge in [-0.15, -0.1) is 0 Å². The second-order valence-electron chi connectivity index (χ2n) is 3.53. The number of amides is 1. The van der Waals surface area contributed by atoms with E-state index in [2.05, 4.69) is 18.5 Å². The summed E-state index contributed by atoms with van der Waals surface area (Å²) in [6.07, 6.45) is 1.80. The molecule has 0 saturated heterocycles. The number of halogens is 2. The summed E-state index contributed by atoms with van der Waals surface area (Å²) < 4.78 is 17.9. The van der Waals surface area contributed by atoms with Gasteiger partial charge in [-0.2, -0.15) is 0 Å². The molecule has 3 nitrogen and oxygen atoms in total. The van der Waals surface area contributed by atoms with Crippen molar-refractivity contribution in [1.29, 1.82) is 0 Å². The van der Waals surface area contributed by atoms with Crippen LogP contribution in [-0.2, 0) is 9.53 Å². The summed E-state index contributed by atoms with van der Waals surface area (Å²) in [7, 11) is 0. The Balaban J connectivity index is 4.05. The van der Waals surface area contributed by atoms with Crippen molar-refractivity contribution >= 4 is 17.5 Å². The van der Waals surface area contributed by atoms with Gasteiger partial charge < -0.3 is 10.1 Å². The Kier molecular flexibility index (Phi) is 7.30. The van der Waals surface area contributed by atoms with Crippen molar-refractivity contribution in [3.05, 3.63) is 35.9 Å². The molecular weight excluding hydrogens is 245 g/mol. The highest BCUT2D eigenvalue weighted by Crippen LogP contribution is 2.15. The molecule has 1 unspecified atom stereocenters. The molecule has 1 N–H and O–H groups in total. The van der Waals surface area contributed by atoms with E-state index in [1.807, 2.05) is 13.8 Å². The van der Waals surface area contributed by atoms with Gasteiger partial charge in [0.1, 0.15) is 11.6 Å². The Hall–Kier alpha value is -1.29. The number of hydrogen-bond acceptors (Lipinski definition) is 2. The fourth-order valence-corrected chi connectivity index (χ4v) is 0.893. The molecule has 0 heterocycles. The molecule has 0 radical (unpaired) electrons. The first-order valence-corrected chi connectivity index (χ1v) is 5.57. The number of carbonyl (C=O) groups excluding carboxylic acids is 1. The highest BCUT2D eigenvalue weighted by molar-refractivity contribution is 6.31. The van der Waals surface area contributed by atoms with Crippen LogP contribution in [0.2, 0.25) is 0 Å². The zero-order valence-electron chi connectivity index (χ0n) is 10.1. The van der Waals surface area contributed by atoms with Gasteiger partial charge in [0.2, 0.25) is 0 Å². The summed E-state index contributed by atoms with van der Waals surface area (Å²) in [4.78, 5) is 11.3. The first-order chi connectivity index (χ1) is 7.86. The topological polar surface area (TPSA) is 38.3 Å². The van der Waals surface area contributed by atoms with E-state index < -0.39 is 5.83 Å². The van der Waals surface area contributed by atoms with E-state index in [9.17, 15) is 9.18 Å². The lowest BCUT2D eigenvalue weighted by atomic mass is 10.2. The minimum atomic E-state index is -0.737. The number of ether oxygens (including phenoxy) is 1. The lowest BCUT2D eigenvalue weighted by Gasteiger charge is -2.11. The summed E-state index contributed by atoms with van der Waals surface area (Å²) in [5, 5.41) is 2.46. The molecule has 0 aromatic rings. The Bertz CT molecular complexity index is 339. The monoisotopic (exact) mass is 261 g/mol. The van der Waals surface area contributed by atoms with Crippen LogP contribution in [0.15, 0.2) is 35.9 Å². The van der Waals surface area contributed by atoms with Crippen LogP contribution in [0.1, 0.15) is 20.3 Å². The number of rotatable bonds is 7. The fourth-order valence-electron chi connectivity index (χ4n) is 0.838. The third kappa shape index (κ3) is 7.58. The molecule has 5 heteroatoms. The molecule has 0 aliphatic rings. The largest absolute Gasteiger partial charge is 0.484 e. The molecule has 0 aromatic heterocycles. The van der Waals surface area contributed by atoms with E-state index in [-0.39, 0.29) is 29.3 Å². The van der Waals surface area contributed by atoms with Gasteiger partial charge in [0.25, 0.3) is 5.91 Å². The third-order valence-corrected chi connectivity index (χ3v) is 2.14. The summed E-state index contributed by atoms with van der Waals surface area (Å²) in [6, 6.07) is 0.0780. The van der Waals surface area contributed by atoms with Crippen LogP contribution in [0.5, 0.6) is 0 Å². The van der Waals surface area contributed by atoms with Crippen LogP contribution in [0.3, 0.4) is 0 Å². The molecule has 0 aromatic carbocycles. The van der Waals surface area contributed by atoms with Crippen molar-refractivity contribution in [2.45, 2.75) is 26.3 Å². The highest BCUT2D eigenvalue weighted by atomic mass is 35.5. The van der Waals surface area contributed by atoms with Crippen molar-refractivity contribution < 1.29 is 13.9 Å². The van der Waals surface area contributed by atoms with E-state index >= 15 is 0 Å². The number of hydrogen-bond donors (Lipinski definition) is 1. The average Bonchev–Trinajstić information content (AvgIpc) is 2.25. The minimum Gasteiger partial charge on any atom is -0.484 e. The second kappa shape index (κ2) is 7.90. The lowest BCUT2D eigenvalue weighted by molar-refractivity contribution is -0.124. The molecular formula is C12H17ClFNO2. The van der Waals surface area contributed by atoms with E-state index in [1.54, 1.807) is 0 Å². The van der Waals surface area contributed by atoms with Crippen molar-refractivity contribution in [3.63, 3.8) is 0 Å². The van der Waals surface area contributed by atoms with E-state index in [4.69, 9.17) is 16.3 Å². The first-order valence-electron chi connectivity index (χ1n) is 5.19. The zero-order valence-corrected chi connectivity index (χ0v) is 10.8. The first kappa shape index (κ1) is 15.7. The zero-order chi connectivity index (χ0) is 13.4. The maximum atomic E-state index is 13.0. The van der Waals surface area contributed by atoms with Crippen molar-refractivity contribution in [3.8, 4) is 0 Å². The van der Waals surface area contributed by atoms with Crippen molar-refractivity contribution in [1.82, 2.24) is 5.32 Å². The minimum absolute atomic E-state index is 0.0172. The van der Waals surface area contributed by atoms with Crippen molar-refractivity contribution in [2.75, 3.05) is 6.61 Å². The normalized spacial score (nSPS) is 12.8. The summed E-state index contributed by atoms with van der Waals surface area (Å²) in [6.45, 7) is 10.3. The lowest BCUT2D eigenvalue weighted by Crippen LogP contribution is -2.34. The van der Waals surface area contributed by atoms with E-state index in [0.717, 1.165) is 12.5 Å². The Morgan fingerprint density at radius 1 is 1.59 bits per heavy atom. The van der Waals surface area contributed by atoms with Crippen LogP contribution >= 0.6 is 11.6 Å². The standard InChI is InChI=1S/C12H17ClFNO2/c1-5-8(2)15-12(16)7-17-9(3)6-11(14)10(4)13/h6,8H,3-5,7H2,1-2H3,(H,15,16)/b11-6+. The van der Waals surface area contributed by atoms with Gasteiger partial charge in [-0.1, -0.05) is 31.7 Å². The van der Waals surface area contributed by atoms with Gasteiger partial charge in [-0.25, -0.2) is 4.39 Å². The van der Waals surface area contributed by atoms with Gasteiger partial charge in [-0.3, -0.25) is 4.79 Å². The Morgan fingerprint density at radius 2 is 2.18 bits per heavy atom. The van der Waals surface area contributed by atoms with Gasteiger partial charge in [-0.05, 0) is 13.3 Å². The van der Waals surface area contributed by atoms with Gasteiger partial charge in [0.15, 0.2) is 6.61 Å². The maximum Gasteiger partial charge on any atom is 0.258 e. The predicted molar refractivity (Wildman–Crippen MR) is 67.2 cm³/mol. The van der Waals surface area contributed by atoms with Gasteiger partial charge >= 0.3 is 0 Å². The Morgan fingerprint density at radius 3 is 2.65 bits per heavy atom. The molecule has 96 valence electrons. The predicted octanol–water partition coefficient (Wildman–Crippen LogP) is 3.04. The van der Waals surface area contributed by atoms with E-state index in [1.165, 1.54) is 0 Å². The summed E-state index contributed by atoms with van der Waals surface area (Å²) in [5.74, 6) is -0.999. The molecule has 0 spiro atoms. The molecule has 0 fully saturated rings. The highest BCUT2D eigenvalue weighted by Gasteiger charge is 2.06. The molecule has 17 heavy (non-hydrogen) atoms. The summed E-state index contributed by atoms with van der Waals surface area (Å²) >= 11 is 5.31. The molecule has 1 atom stereocenters.